The zero-order valence-electron chi connectivity index (χ0n) is 14.7. The first-order valence-corrected chi connectivity index (χ1v) is 8.67. The monoisotopic (exact) mass is 337 g/mol. The van der Waals surface area contributed by atoms with Crippen LogP contribution in [0.5, 0.6) is 11.5 Å². The highest BCUT2D eigenvalue weighted by Crippen LogP contribution is 2.35. The first-order valence-electron chi connectivity index (χ1n) is 8.67. The number of pyridine rings is 1. The van der Waals surface area contributed by atoms with Gasteiger partial charge in [-0.25, -0.2) is 4.98 Å². The van der Waals surface area contributed by atoms with Gasteiger partial charge in [0.1, 0.15) is 5.65 Å². The molecule has 1 unspecified atom stereocenters. The van der Waals surface area contributed by atoms with Crippen LogP contribution in [0, 0.1) is 0 Å². The average Bonchev–Trinajstić information content (AvgIpc) is 3.27. The molecule has 1 aliphatic rings. The van der Waals surface area contributed by atoms with E-state index in [-0.39, 0.29) is 0 Å². The minimum Gasteiger partial charge on any atom is -0.493 e. The van der Waals surface area contributed by atoms with Crippen LogP contribution in [-0.4, -0.2) is 35.6 Å². The van der Waals surface area contributed by atoms with E-state index in [1.807, 2.05) is 18.3 Å². The number of fused-ring (bicyclic) bond motifs is 1. The van der Waals surface area contributed by atoms with Crippen LogP contribution in [0.3, 0.4) is 0 Å². The number of rotatable bonds is 5. The highest BCUT2D eigenvalue weighted by Gasteiger charge is 2.27. The number of hydrogen-bond acceptors (Lipinski definition) is 4. The number of ether oxygens (including phenoxy) is 2. The molecule has 5 nitrogen and oxygen atoms in total. The van der Waals surface area contributed by atoms with Crippen molar-refractivity contribution in [3.05, 3.63) is 53.9 Å². The summed E-state index contributed by atoms with van der Waals surface area (Å²) in [6, 6.07) is 12.9. The lowest BCUT2D eigenvalue weighted by molar-refractivity contribution is 0.244. The number of methoxy groups -OCH3 is 2. The molecule has 130 valence electrons. The molecule has 0 spiro atoms. The number of likely N-dealkylation sites (tertiary alicyclic amines) is 1. The Hall–Kier alpha value is -2.53. The Kier molecular flexibility index (Phi) is 4.32. The molecular formula is C20H23N3O2. The smallest absolute Gasteiger partial charge is 0.161 e. The first-order chi connectivity index (χ1) is 12.3. The molecule has 0 radical (unpaired) electrons. The van der Waals surface area contributed by atoms with E-state index >= 15 is 0 Å². The third-order valence-electron chi connectivity index (χ3n) is 4.97. The number of hydrogen-bond donors (Lipinski definition) is 1. The van der Waals surface area contributed by atoms with Crippen molar-refractivity contribution < 1.29 is 9.47 Å². The predicted molar refractivity (Wildman–Crippen MR) is 98.0 cm³/mol. The van der Waals surface area contributed by atoms with E-state index in [9.17, 15) is 0 Å². The fraction of sp³-hybridized carbons (Fsp3) is 0.350. The average molecular weight is 337 g/mol. The van der Waals surface area contributed by atoms with Gasteiger partial charge in [-0.2, -0.15) is 0 Å². The number of nitrogens with zero attached hydrogens (tertiary/aromatic N) is 2. The van der Waals surface area contributed by atoms with Gasteiger partial charge >= 0.3 is 0 Å². The molecule has 0 saturated carbocycles. The molecule has 1 aromatic carbocycles. The largest absolute Gasteiger partial charge is 0.493 e. The van der Waals surface area contributed by atoms with Gasteiger partial charge in [0.2, 0.25) is 0 Å². The highest BCUT2D eigenvalue weighted by atomic mass is 16.5. The molecule has 1 saturated heterocycles. The number of H-pyrrole nitrogens is 1. The summed E-state index contributed by atoms with van der Waals surface area (Å²) in [5.41, 5.74) is 3.46. The Morgan fingerprint density at radius 1 is 1.16 bits per heavy atom. The van der Waals surface area contributed by atoms with Crippen molar-refractivity contribution in [2.24, 2.45) is 0 Å². The van der Waals surface area contributed by atoms with Crippen LogP contribution in [0.4, 0.5) is 0 Å². The Morgan fingerprint density at radius 2 is 2.04 bits per heavy atom. The molecular weight excluding hydrogens is 314 g/mol. The zero-order valence-corrected chi connectivity index (χ0v) is 14.7. The van der Waals surface area contributed by atoms with Gasteiger partial charge in [-0.1, -0.05) is 6.07 Å². The summed E-state index contributed by atoms with van der Waals surface area (Å²) in [5, 5.41) is 1.18. The summed E-state index contributed by atoms with van der Waals surface area (Å²) in [6.45, 7) is 2.00. The van der Waals surface area contributed by atoms with E-state index in [4.69, 9.17) is 9.47 Å². The molecule has 0 bridgehead atoms. The fourth-order valence-corrected chi connectivity index (χ4v) is 3.74. The van der Waals surface area contributed by atoms with Gasteiger partial charge in [0.15, 0.2) is 11.5 Å². The molecule has 0 amide bonds. The Balaban J connectivity index is 1.57. The van der Waals surface area contributed by atoms with E-state index in [1.165, 1.54) is 29.5 Å². The van der Waals surface area contributed by atoms with E-state index in [1.54, 1.807) is 14.2 Å². The van der Waals surface area contributed by atoms with Crippen LogP contribution >= 0.6 is 0 Å². The maximum absolute atomic E-state index is 5.43. The molecule has 3 heterocycles. The summed E-state index contributed by atoms with van der Waals surface area (Å²) in [6.07, 6.45) is 4.21. The molecule has 3 aromatic rings. The molecule has 2 aromatic heterocycles. The molecule has 1 N–H and O–H groups in total. The quantitative estimate of drug-likeness (QED) is 0.767. The number of aromatic amines is 1. The topological polar surface area (TPSA) is 50.4 Å². The van der Waals surface area contributed by atoms with Gasteiger partial charge in [-0.3, -0.25) is 4.90 Å². The molecule has 25 heavy (non-hydrogen) atoms. The Labute approximate surface area is 147 Å². The van der Waals surface area contributed by atoms with Gasteiger partial charge in [-0.05, 0) is 55.3 Å². The van der Waals surface area contributed by atoms with Crippen molar-refractivity contribution in [3.63, 3.8) is 0 Å². The predicted octanol–water partition coefficient (Wildman–Crippen LogP) is 3.92. The number of benzene rings is 1. The molecule has 1 fully saturated rings. The van der Waals surface area contributed by atoms with Crippen molar-refractivity contribution in [1.29, 1.82) is 0 Å². The second-order valence-electron chi connectivity index (χ2n) is 6.48. The number of nitrogens with one attached hydrogen (secondary N) is 1. The minimum absolute atomic E-state index is 0.405. The summed E-state index contributed by atoms with van der Waals surface area (Å²) in [4.78, 5) is 10.4. The van der Waals surface area contributed by atoms with Gasteiger partial charge in [-0.15, -0.1) is 0 Å². The fourth-order valence-electron chi connectivity index (χ4n) is 3.74. The van der Waals surface area contributed by atoms with Crippen LogP contribution in [0.1, 0.15) is 30.1 Å². The van der Waals surface area contributed by atoms with E-state index < -0.39 is 0 Å². The SMILES string of the molecule is COc1ccc(CN2CCCC2c2cc3cccnc3[nH]2)cc1OC. The molecule has 4 rings (SSSR count). The van der Waals surface area contributed by atoms with Crippen LogP contribution in [-0.2, 0) is 6.54 Å². The van der Waals surface area contributed by atoms with Crippen LogP contribution < -0.4 is 9.47 Å². The highest BCUT2D eigenvalue weighted by molar-refractivity contribution is 5.76. The minimum atomic E-state index is 0.405. The number of aromatic nitrogens is 2. The summed E-state index contributed by atoms with van der Waals surface area (Å²) in [7, 11) is 3.34. The molecule has 1 atom stereocenters. The van der Waals surface area contributed by atoms with Gasteiger partial charge < -0.3 is 14.5 Å². The maximum Gasteiger partial charge on any atom is 0.161 e. The lowest BCUT2D eigenvalue weighted by Crippen LogP contribution is -2.23. The van der Waals surface area contributed by atoms with E-state index in [0.717, 1.165) is 30.2 Å². The lowest BCUT2D eigenvalue weighted by Gasteiger charge is -2.24. The van der Waals surface area contributed by atoms with Crippen molar-refractivity contribution in [3.8, 4) is 11.5 Å². The third-order valence-corrected chi connectivity index (χ3v) is 4.97. The normalized spacial score (nSPS) is 17.9. The summed E-state index contributed by atoms with van der Waals surface area (Å²) >= 11 is 0. The van der Waals surface area contributed by atoms with E-state index in [0.29, 0.717) is 6.04 Å². The van der Waals surface area contributed by atoms with Crippen LogP contribution in [0.15, 0.2) is 42.6 Å². The second kappa shape index (κ2) is 6.76. The molecule has 5 heteroatoms. The second-order valence-corrected chi connectivity index (χ2v) is 6.48. The standard InChI is InChI=1S/C20H23N3O2/c1-24-18-8-7-14(11-19(18)25-2)13-23-10-4-6-17(23)16-12-15-5-3-9-21-20(15)22-16/h3,5,7-9,11-12,17H,4,6,10,13H2,1-2H3,(H,21,22). The van der Waals surface area contributed by atoms with E-state index in [2.05, 4.69) is 39.1 Å². The van der Waals surface area contributed by atoms with Gasteiger partial charge in [0.25, 0.3) is 0 Å². The first kappa shape index (κ1) is 16.0. The van der Waals surface area contributed by atoms with Gasteiger partial charge in [0.05, 0.1) is 20.3 Å². The van der Waals surface area contributed by atoms with Crippen LogP contribution in [0.2, 0.25) is 0 Å². The lowest BCUT2D eigenvalue weighted by atomic mass is 10.1. The summed E-state index contributed by atoms with van der Waals surface area (Å²) in [5.74, 6) is 1.55. The van der Waals surface area contributed by atoms with Crippen molar-refractivity contribution in [2.45, 2.75) is 25.4 Å². The van der Waals surface area contributed by atoms with Crippen molar-refractivity contribution >= 4 is 11.0 Å². The Bertz CT molecular complexity index is 841. The van der Waals surface area contributed by atoms with Crippen LogP contribution in [0.25, 0.3) is 11.0 Å². The summed E-state index contributed by atoms with van der Waals surface area (Å²) < 4.78 is 10.8. The Morgan fingerprint density at radius 3 is 2.84 bits per heavy atom. The zero-order chi connectivity index (χ0) is 17.2. The third kappa shape index (κ3) is 3.07. The molecule has 1 aliphatic heterocycles. The van der Waals surface area contributed by atoms with Gasteiger partial charge in [0, 0.05) is 23.8 Å². The molecule has 0 aliphatic carbocycles. The van der Waals surface area contributed by atoms with Crippen molar-refractivity contribution in [1.82, 2.24) is 14.9 Å². The van der Waals surface area contributed by atoms with Crippen molar-refractivity contribution in [2.75, 3.05) is 20.8 Å². The maximum atomic E-state index is 5.43.